The number of ether oxygens (including phenoxy) is 1. The van der Waals surface area contributed by atoms with Crippen LogP contribution in [0.25, 0.3) is 0 Å². The number of benzene rings is 1. The Morgan fingerprint density at radius 2 is 2.00 bits per heavy atom. The van der Waals surface area contributed by atoms with Crippen molar-refractivity contribution in [1.82, 2.24) is 0 Å². The van der Waals surface area contributed by atoms with Crippen LogP contribution in [0, 0.1) is 0 Å². The first-order valence-electron chi connectivity index (χ1n) is 5.39. The number of rotatable bonds is 5. The molecule has 0 aromatic heterocycles. The van der Waals surface area contributed by atoms with Crippen molar-refractivity contribution in [3.05, 3.63) is 28.2 Å². The van der Waals surface area contributed by atoms with Crippen molar-refractivity contribution in [2.75, 3.05) is 7.11 Å². The first-order chi connectivity index (χ1) is 7.54. The molecule has 0 amide bonds. The lowest BCUT2D eigenvalue weighted by Crippen LogP contribution is -2.18. The Morgan fingerprint density at radius 3 is 2.50 bits per heavy atom. The van der Waals surface area contributed by atoms with Crippen LogP contribution in [0.1, 0.15) is 31.4 Å². The van der Waals surface area contributed by atoms with E-state index in [1.807, 2.05) is 25.1 Å². The van der Waals surface area contributed by atoms with Gasteiger partial charge in [0.05, 0.1) is 11.6 Å². The Balaban J connectivity index is 2.69. The van der Waals surface area contributed by atoms with E-state index in [0.717, 1.165) is 28.6 Å². The Labute approximate surface area is 105 Å². The molecule has 0 spiro atoms. The fourth-order valence-corrected chi connectivity index (χ4v) is 2.08. The summed E-state index contributed by atoms with van der Waals surface area (Å²) < 4.78 is 6.10. The molecular formula is C12H19BrN2O. The van der Waals surface area contributed by atoms with E-state index in [9.17, 15) is 0 Å². The zero-order valence-electron chi connectivity index (χ0n) is 9.74. The number of hydrogen-bond donors (Lipinski definition) is 2. The van der Waals surface area contributed by atoms with Crippen LogP contribution in [0.4, 0.5) is 0 Å². The van der Waals surface area contributed by atoms with Crippen molar-refractivity contribution in [2.24, 2.45) is 11.5 Å². The van der Waals surface area contributed by atoms with Gasteiger partial charge in [-0.2, -0.15) is 0 Å². The van der Waals surface area contributed by atoms with Crippen LogP contribution in [-0.4, -0.2) is 13.2 Å². The van der Waals surface area contributed by atoms with Crippen LogP contribution in [-0.2, 0) is 0 Å². The van der Waals surface area contributed by atoms with Gasteiger partial charge >= 0.3 is 0 Å². The molecule has 0 fully saturated rings. The van der Waals surface area contributed by atoms with Crippen molar-refractivity contribution in [3.8, 4) is 5.75 Å². The van der Waals surface area contributed by atoms with E-state index in [2.05, 4.69) is 15.9 Å². The van der Waals surface area contributed by atoms with Gasteiger partial charge in [-0.15, -0.1) is 0 Å². The average molecular weight is 287 g/mol. The van der Waals surface area contributed by atoms with Gasteiger partial charge in [0.2, 0.25) is 0 Å². The highest BCUT2D eigenvalue weighted by Crippen LogP contribution is 2.28. The third kappa shape index (κ3) is 3.77. The summed E-state index contributed by atoms with van der Waals surface area (Å²) in [5.74, 6) is 0.822. The Kier molecular flexibility index (Phi) is 5.25. The first-order valence-corrected chi connectivity index (χ1v) is 6.18. The topological polar surface area (TPSA) is 61.3 Å². The molecule has 1 aromatic rings. The van der Waals surface area contributed by atoms with Crippen LogP contribution >= 0.6 is 15.9 Å². The van der Waals surface area contributed by atoms with Gasteiger partial charge in [0.1, 0.15) is 5.75 Å². The van der Waals surface area contributed by atoms with Gasteiger partial charge in [-0.3, -0.25) is 0 Å². The molecule has 0 aliphatic carbocycles. The minimum absolute atomic E-state index is 0.0354. The molecule has 2 atom stereocenters. The highest BCUT2D eigenvalue weighted by Gasteiger charge is 2.09. The Bertz CT molecular complexity index is 342. The van der Waals surface area contributed by atoms with Crippen LogP contribution < -0.4 is 16.2 Å². The van der Waals surface area contributed by atoms with E-state index in [1.165, 1.54) is 0 Å². The first kappa shape index (κ1) is 13.5. The molecule has 3 nitrogen and oxygen atoms in total. The normalized spacial score (nSPS) is 14.6. The number of methoxy groups -OCH3 is 1. The number of nitrogens with two attached hydrogens (primary N) is 2. The van der Waals surface area contributed by atoms with E-state index in [-0.39, 0.29) is 12.1 Å². The molecule has 0 heterocycles. The summed E-state index contributed by atoms with van der Waals surface area (Å²) in [6, 6.07) is 6.16. The maximum Gasteiger partial charge on any atom is 0.133 e. The highest BCUT2D eigenvalue weighted by molar-refractivity contribution is 9.10. The molecule has 0 bridgehead atoms. The third-order valence-corrected chi connectivity index (χ3v) is 3.16. The van der Waals surface area contributed by atoms with Crippen LogP contribution in [0.3, 0.4) is 0 Å². The second-order valence-electron chi connectivity index (χ2n) is 4.06. The molecule has 4 N–H and O–H groups in total. The minimum atomic E-state index is 0.0354. The summed E-state index contributed by atoms with van der Waals surface area (Å²) in [6.45, 7) is 2.00. The van der Waals surface area contributed by atoms with E-state index in [4.69, 9.17) is 16.2 Å². The quantitative estimate of drug-likeness (QED) is 0.875. The largest absolute Gasteiger partial charge is 0.496 e. The fraction of sp³-hybridized carbons (Fsp3) is 0.500. The maximum atomic E-state index is 6.09. The second kappa shape index (κ2) is 6.23. The number of hydrogen-bond acceptors (Lipinski definition) is 3. The SMILES string of the molecule is COc1ccc(C(N)CCC(C)N)cc1Br. The molecule has 16 heavy (non-hydrogen) atoms. The maximum absolute atomic E-state index is 6.09. The van der Waals surface area contributed by atoms with Crippen molar-refractivity contribution < 1.29 is 4.74 Å². The van der Waals surface area contributed by atoms with Gasteiger partial charge in [-0.25, -0.2) is 0 Å². The molecule has 90 valence electrons. The Morgan fingerprint density at radius 1 is 1.31 bits per heavy atom. The highest BCUT2D eigenvalue weighted by atomic mass is 79.9. The molecule has 2 unspecified atom stereocenters. The molecule has 1 rings (SSSR count). The summed E-state index contributed by atoms with van der Waals surface area (Å²) in [5, 5.41) is 0. The van der Waals surface area contributed by atoms with Gasteiger partial charge in [0.15, 0.2) is 0 Å². The smallest absolute Gasteiger partial charge is 0.133 e. The molecule has 1 aromatic carbocycles. The lowest BCUT2D eigenvalue weighted by molar-refractivity contribution is 0.411. The fourth-order valence-electron chi connectivity index (χ4n) is 1.52. The summed E-state index contributed by atoms with van der Waals surface area (Å²) in [6.07, 6.45) is 1.83. The summed E-state index contributed by atoms with van der Waals surface area (Å²) in [5.41, 5.74) is 12.9. The van der Waals surface area contributed by atoms with E-state index >= 15 is 0 Å². The molecule has 0 saturated carbocycles. The van der Waals surface area contributed by atoms with Gasteiger partial charge in [-0.1, -0.05) is 6.07 Å². The summed E-state index contributed by atoms with van der Waals surface area (Å²) in [4.78, 5) is 0. The monoisotopic (exact) mass is 286 g/mol. The van der Waals surface area contributed by atoms with Gasteiger partial charge < -0.3 is 16.2 Å². The van der Waals surface area contributed by atoms with Crippen LogP contribution in [0.15, 0.2) is 22.7 Å². The van der Waals surface area contributed by atoms with Crippen LogP contribution in [0.5, 0.6) is 5.75 Å². The predicted molar refractivity (Wildman–Crippen MR) is 70.5 cm³/mol. The molecule has 4 heteroatoms. The summed E-state index contributed by atoms with van der Waals surface area (Å²) in [7, 11) is 1.65. The molecule has 0 saturated heterocycles. The second-order valence-corrected chi connectivity index (χ2v) is 4.91. The van der Waals surface area contributed by atoms with Crippen molar-refractivity contribution in [1.29, 1.82) is 0 Å². The minimum Gasteiger partial charge on any atom is -0.496 e. The summed E-state index contributed by atoms with van der Waals surface area (Å²) >= 11 is 3.45. The van der Waals surface area contributed by atoms with E-state index < -0.39 is 0 Å². The molecule has 0 aliphatic rings. The third-order valence-electron chi connectivity index (χ3n) is 2.54. The lowest BCUT2D eigenvalue weighted by Gasteiger charge is -2.14. The standard InChI is InChI=1S/C12H19BrN2O/c1-8(14)3-5-11(15)9-4-6-12(16-2)10(13)7-9/h4,6-8,11H,3,5,14-15H2,1-2H3. The van der Waals surface area contributed by atoms with E-state index in [1.54, 1.807) is 7.11 Å². The van der Waals surface area contributed by atoms with Gasteiger partial charge in [-0.05, 0) is 53.4 Å². The van der Waals surface area contributed by atoms with Crippen LogP contribution in [0.2, 0.25) is 0 Å². The van der Waals surface area contributed by atoms with Gasteiger partial charge in [0.25, 0.3) is 0 Å². The van der Waals surface area contributed by atoms with Crippen molar-refractivity contribution in [2.45, 2.75) is 31.8 Å². The zero-order valence-corrected chi connectivity index (χ0v) is 11.3. The molecule has 0 aliphatic heterocycles. The average Bonchev–Trinajstić information content (AvgIpc) is 2.25. The lowest BCUT2D eigenvalue weighted by atomic mass is 10.0. The molecular weight excluding hydrogens is 268 g/mol. The van der Waals surface area contributed by atoms with Crippen molar-refractivity contribution in [3.63, 3.8) is 0 Å². The van der Waals surface area contributed by atoms with Crippen molar-refractivity contribution >= 4 is 15.9 Å². The van der Waals surface area contributed by atoms with E-state index in [0.29, 0.717) is 0 Å². The number of halogens is 1. The zero-order chi connectivity index (χ0) is 12.1. The predicted octanol–water partition coefficient (Wildman–Crippen LogP) is 2.58. The van der Waals surface area contributed by atoms with Gasteiger partial charge in [0, 0.05) is 12.1 Å². The Hall–Kier alpha value is -0.580. The molecule has 0 radical (unpaired) electrons.